The Hall–Kier alpha value is -3.35. The summed E-state index contributed by atoms with van der Waals surface area (Å²) in [6, 6.07) is 7.19. The van der Waals surface area contributed by atoms with Crippen molar-refractivity contribution in [3.05, 3.63) is 43.0 Å². The molecule has 2 aromatic heterocycles. The minimum absolute atomic E-state index is 0.0120. The van der Waals surface area contributed by atoms with Gasteiger partial charge in [-0.05, 0) is 34.7 Å². The summed E-state index contributed by atoms with van der Waals surface area (Å²) in [6.07, 6.45) is 4.70. The number of methoxy groups -OCH3 is 1. The quantitative estimate of drug-likeness (QED) is 0.559. The van der Waals surface area contributed by atoms with Crippen LogP contribution in [0.2, 0.25) is 0 Å². The van der Waals surface area contributed by atoms with Crippen LogP contribution in [0.25, 0.3) is 5.69 Å². The maximum atomic E-state index is 11.8. The molecule has 2 aliphatic rings. The van der Waals surface area contributed by atoms with Gasteiger partial charge < -0.3 is 28.8 Å². The highest BCUT2D eigenvalue weighted by Crippen LogP contribution is 2.36. The van der Waals surface area contributed by atoms with Crippen molar-refractivity contribution in [3.63, 3.8) is 0 Å². The molecule has 12 nitrogen and oxygen atoms in total. The lowest BCUT2D eigenvalue weighted by Gasteiger charge is -2.18. The van der Waals surface area contributed by atoms with Gasteiger partial charge in [0.1, 0.15) is 30.6 Å². The third kappa shape index (κ3) is 3.87. The number of ether oxygens (including phenoxy) is 4. The van der Waals surface area contributed by atoms with Gasteiger partial charge in [-0.25, -0.2) is 4.98 Å². The van der Waals surface area contributed by atoms with Gasteiger partial charge in [0.05, 0.1) is 25.6 Å². The van der Waals surface area contributed by atoms with Gasteiger partial charge in [-0.1, -0.05) is 5.10 Å². The topological polar surface area (TPSA) is 127 Å². The molecule has 2 fully saturated rings. The number of carbonyl (C=O) groups excluding carboxylic acids is 1. The van der Waals surface area contributed by atoms with Gasteiger partial charge in [0.15, 0.2) is 0 Å². The first-order valence-electron chi connectivity index (χ1n) is 9.78. The van der Waals surface area contributed by atoms with Crippen molar-refractivity contribution in [2.75, 3.05) is 26.9 Å². The highest BCUT2D eigenvalue weighted by atomic mass is 16.6. The Bertz CT molecular complexity index is 1020. The molecule has 162 valence electrons. The highest BCUT2D eigenvalue weighted by Gasteiger charge is 2.50. The van der Waals surface area contributed by atoms with E-state index in [1.165, 1.54) is 7.11 Å². The average Bonchev–Trinajstić information content (AvgIpc) is 3.55. The summed E-state index contributed by atoms with van der Waals surface area (Å²) < 4.78 is 26.0. The first kappa shape index (κ1) is 19.6. The van der Waals surface area contributed by atoms with Crippen molar-refractivity contribution in [1.82, 2.24) is 35.1 Å². The van der Waals surface area contributed by atoms with E-state index < -0.39 is 0 Å². The molecule has 3 aromatic rings. The van der Waals surface area contributed by atoms with Crippen LogP contribution < -0.4 is 10.1 Å². The number of benzene rings is 1. The molecule has 1 aromatic carbocycles. The maximum absolute atomic E-state index is 11.8. The number of hydrogen-bond acceptors (Lipinski definition) is 9. The van der Waals surface area contributed by atoms with E-state index in [2.05, 4.69) is 25.8 Å². The predicted molar refractivity (Wildman–Crippen MR) is 104 cm³/mol. The van der Waals surface area contributed by atoms with Crippen LogP contribution in [-0.2, 0) is 19.0 Å². The van der Waals surface area contributed by atoms with Gasteiger partial charge in [-0.3, -0.25) is 4.79 Å². The van der Waals surface area contributed by atoms with Gasteiger partial charge in [0, 0.05) is 25.2 Å². The Balaban J connectivity index is 1.27. The SMILES string of the molecule is COCC(=O)N[C@@H]1CO[C@@H]2[C@@H]1OC[C@@H]2n1nnnc1Oc1ccc(-n2ccnc2)cc1. The van der Waals surface area contributed by atoms with E-state index in [0.717, 1.165) is 5.69 Å². The lowest BCUT2D eigenvalue weighted by Crippen LogP contribution is -2.45. The molecule has 0 radical (unpaired) electrons. The molecule has 12 heteroatoms. The van der Waals surface area contributed by atoms with Crippen molar-refractivity contribution in [2.24, 2.45) is 0 Å². The number of nitrogens with one attached hydrogen (secondary N) is 1. The summed E-state index contributed by atoms with van der Waals surface area (Å²) in [4.78, 5) is 15.9. The molecule has 0 spiro atoms. The number of rotatable bonds is 7. The molecular weight excluding hydrogens is 406 g/mol. The molecule has 4 atom stereocenters. The molecule has 0 aliphatic carbocycles. The van der Waals surface area contributed by atoms with Crippen molar-refractivity contribution >= 4 is 5.91 Å². The molecule has 4 heterocycles. The van der Waals surface area contributed by atoms with E-state index in [1.807, 2.05) is 35.0 Å². The summed E-state index contributed by atoms with van der Waals surface area (Å²) in [5.41, 5.74) is 0.956. The summed E-state index contributed by atoms with van der Waals surface area (Å²) in [5.74, 6) is 0.377. The smallest absolute Gasteiger partial charge is 0.341 e. The van der Waals surface area contributed by atoms with Crippen LogP contribution in [0.15, 0.2) is 43.0 Å². The fourth-order valence-electron chi connectivity index (χ4n) is 3.86. The number of tetrazole rings is 1. The van der Waals surface area contributed by atoms with E-state index in [4.69, 9.17) is 18.9 Å². The van der Waals surface area contributed by atoms with Crippen molar-refractivity contribution in [3.8, 4) is 17.4 Å². The van der Waals surface area contributed by atoms with E-state index in [1.54, 1.807) is 17.2 Å². The molecule has 2 aliphatic heterocycles. The molecule has 0 bridgehead atoms. The number of imidazole rings is 1. The van der Waals surface area contributed by atoms with Crippen LogP contribution in [0, 0.1) is 0 Å². The summed E-state index contributed by atoms with van der Waals surface area (Å²) in [7, 11) is 1.47. The molecular formula is C19H21N7O5. The lowest BCUT2D eigenvalue weighted by atomic mass is 10.1. The summed E-state index contributed by atoms with van der Waals surface area (Å²) in [6.45, 7) is 0.671. The minimum atomic E-state index is -0.303. The number of aromatic nitrogens is 6. The second-order valence-electron chi connectivity index (χ2n) is 7.24. The van der Waals surface area contributed by atoms with Gasteiger partial charge in [-0.2, -0.15) is 4.68 Å². The molecule has 0 saturated carbocycles. The van der Waals surface area contributed by atoms with E-state index in [0.29, 0.717) is 19.0 Å². The van der Waals surface area contributed by atoms with Crippen LogP contribution >= 0.6 is 0 Å². The summed E-state index contributed by atoms with van der Waals surface area (Å²) >= 11 is 0. The number of hydrogen-bond donors (Lipinski definition) is 1. The van der Waals surface area contributed by atoms with Crippen LogP contribution in [-0.4, -0.2) is 80.8 Å². The van der Waals surface area contributed by atoms with Crippen LogP contribution in [0.3, 0.4) is 0 Å². The van der Waals surface area contributed by atoms with E-state index in [-0.39, 0.29) is 42.8 Å². The van der Waals surface area contributed by atoms with Gasteiger partial charge in [-0.15, -0.1) is 0 Å². The van der Waals surface area contributed by atoms with Gasteiger partial charge in [0.25, 0.3) is 0 Å². The Kier molecular flexibility index (Phi) is 5.32. The zero-order valence-electron chi connectivity index (χ0n) is 16.7. The number of nitrogens with zero attached hydrogens (tertiary/aromatic N) is 6. The van der Waals surface area contributed by atoms with E-state index >= 15 is 0 Å². The molecule has 31 heavy (non-hydrogen) atoms. The average molecular weight is 427 g/mol. The minimum Gasteiger partial charge on any atom is -0.423 e. The Labute approximate surface area is 177 Å². The summed E-state index contributed by atoms with van der Waals surface area (Å²) in [5, 5.41) is 14.7. The molecule has 0 unspecified atom stereocenters. The molecule has 2 saturated heterocycles. The van der Waals surface area contributed by atoms with E-state index in [9.17, 15) is 4.79 Å². The molecule has 5 rings (SSSR count). The highest BCUT2D eigenvalue weighted by molar-refractivity contribution is 5.77. The normalized spacial score (nSPS) is 24.8. The fourth-order valence-corrected chi connectivity index (χ4v) is 3.86. The number of carbonyl (C=O) groups is 1. The van der Waals surface area contributed by atoms with Gasteiger partial charge in [0.2, 0.25) is 5.91 Å². The Morgan fingerprint density at radius 1 is 1.23 bits per heavy atom. The van der Waals surface area contributed by atoms with Crippen molar-refractivity contribution < 1.29 is 23.7 Å². The predicted octanol–water partition coefficient (Wildman–Crippen LogP) is 0.121. The second-order valence-corrected chi connectivity index (χ2v) is 7.24. The zero-order valence-corrected chi connectivity index (χ0v) is 16.7. The Morgan fingerprint density at radius 2 is 2.06 bits per heavy atom. The lowest BCUT2D eigenvalue weighted by molar-refractivity contribution is -0.126. The third-order valence-electron chi connectivity index (χ3n) is 5.27. The third-order valence-corrected chi connectivity index (χ3v) is 5.27. The fraction of sp³-hybridized carbons (Fsp3) is 0.421. The monoisotopic (exact) mass is 427 g/mol. The first-order chi connectivity index (χ1) is 15.2. The largest absolute Gasteiger partial charge is 0.423 e. The number of amides is 1. The van der Waals surface area contributed by atoms with Crippen LogP contribution in [0.1, 0.15) is 6.04 Å². The first-order valence-corrected chi connectivity index (χ1v) is 9.78. The standard InChI is InChI=1S/C19H21N7O5/c1-28-10-16(27)21-14-8-29-18-15(9-30-17(14)18)26-19(22-23-24-26)31-13-4-2-12(3-5-13)25-7-6-20-11-25/h2-7,11,14-15,17-18H,8-10H2,1H3,(H,21,27)/t14-,15+,17-,18+/m1/s1. The number of fused-ring (bicyclic) bond motifs is 1. The van der Waals surface area contributed by atoms with Crippen LogP contribution in [0.4, 0.5) is 0 Å². The van der Waals surface area contributed by atoms with Gasteiger partial charge >= 0.3 is 6.01 Å². The van der Waals surface area contributed by atoms with Crippen molar-refractivity contribution in [2.45, 2.75) is 24.3 Å². The van der Waals surface area contributed by atoms with Crippen molar-refractivity contribution in [1.29, 1.82) is 0 Å². The molecule has 1 amide bonds. The molecule has 1 N–H and O–H groups in total. The maximum Gasteiger partial charge on any atom is 0.341 e. The second kappa shape index (κ2) is 8.41. The zero-order chi connectivity index (χ0) is 21.2. The Morgan fingerprint density at radius 3 is 2.84 bits per heavy atom. The van der Waals surface area contributed by atoms with Crippen LogP contribution in [0.5, 0.6) is 11.8 Å².